The van der Waals surface area contributed by atoms with E-state index in [9.17, 15) is 31.1 Å². The smallest absolute Gasteiger partial charge is 0.485 e. The van der Waals surface area contributed by atoms with Gasteiger partial charge in [0.15, 0.2) is 10.1 Å². The minimum atomic E-state index is -6.09. The van der Waals surface area contributed by atoms with E-state index in [1.165, 1.54) is 12.1 Å². The van der Waals surface area contributed by atoms with E-state index in [2.05, 4.69) is 0 Å². The Morgan fingerprint density at radius 1 is 1.08 bits per heavy atom. The summed E-state index contributed by atoms with van der Waals surface area (Å²) in [4.78, 5) is 10.7. The van der Waals surface area contributed by atoms with E-state index in [1.54, 1.807) is 21.1 Å². The molecule has 0 aliphatic rings. The summed E-state index contributed by atoms with van der Waals surface area (Å²) in [6.45, 7) is 0. The number of quaternary nitrogens is 1. The first-order valence-corrected chi connectivity index (χ1v) is 7.48. The van der Waals surface area contributed by atoms with E-state index >= 15 is 0 Å². The standard InChI is InChI=1S/C11H12F3NO2.CHF3O3S/c1-15(2,3)9-5-4-7(10(16)17)6-8(9)11(12,13)14;2-1(3,4)8(5,6)7/h4-6H,1-3H3;(H,5,6,7). The first-order valence-electron chi connectivity index (χ1n) is 6.07. The third kappa shape index (κ3) is 6.88. The molecule has 0 saturated carbocycles. The minimum Gasteiger partial charge on any atom is -0.741 e. The largest absolute Gasteiger partial charge is 0.741 e. The molecule has 6 nitrogen and oxygen atoms in total. The summed E-state index contributed by atoms with van der Waals surface area (Å²) in [5.41, 5.74) is -6.89. The van der Waals surface area contributed by atoms with Crippen LogP contribution in [0.25, 0.3) is 0 Å². The lowest BCUT2D eigenvalue weighted by Crippen LogP contribution is -2.37. The Morgan fingerprint density at radius 2 is 1.48 bits per heavy atom. The number of rotatable bonds is 2. The number of carboxylic acid groups (broad SMARTS) is 1. The van der Waals surface area contributed by atoms with Crippen LogP contribution < -0.4 is 4.48 Å². The molecule has 0 heterocycles. The highest BCUT2D eigenvalue weighted by molar-refractivity contribution is 7.86. The molecule has 1 rings (SSSR count). The van der Waals surface area contributed by atoms with Crippen molar-refractivity contribution >= 4 is 21.8 Å². The van der Waals surface area contributed by atoms with Crippen LogP contribution in [0.4, 0.5) is 32.0 Å². The minimum absolute atomic E-state index is 0.0301. The maximum atomic E-state index is 12.8. The van der Waals surface area contributed by atoms with Crippen LogP contribution in [0.3, 0.4) is 0 Å². The fraction of sp³-hybridized carbons (Fsp3) is 0.417. The summed E-state index contributed by atoms with van der Waals surface area (Å²) in [6.07, 6.45) is -4.56. The molecule has 144 valence electrons. The van der Waals surface area contributed by atoms with Crippen molar-refractivity contribution in [1.29, 1.82) is 0 Å². The molecule has 0 aliphatic heterocycles. The summed E-state index contributed by atoms with van der Waals surface area (Å²) in [6, 6.07) is 3.05. The Morgan fingerprint density at radius 3 is 1.72 bits per heavy atom. The predicted octanol–water partition coefficient (Wildman–Crippen LogP) is 2.65. The fourth-order valence-corrected chi connectivity index (χ4v) is 1.48. The molecule has 0 fully saturated rings. The number of aromatic carboxylic acids is 1. The summed E-state index contributed by atoms with van der Waals surface area (Å²) < 4.78 is 97.3. The number of nitrogens with zero attached hydrogens (tertiary/aromatic N) is 1. The number of hydrogen-bond donors (Lipinski definition) is 1. The lowest BCUT2D eigenvalue weighted by atomic mass is 10.1. The van der Waals surface area contributed by atoms with Crippen molar-refractivity contribution in [1.82, 2.24) is 4.48 Å². The average molecular weight is 397 g/mol. The van der Waals surface area contributed by atoms with Gasteiger partial charge in [0.25, 0.3) is 0 Å². The molecule has 0 bridgehead atoms. The van der Waals surface area contributed by atoms with Crippen molar-refractivity contribution in [3.63, 3.8) is 0 Å². The van der Waals surface area contributed by atoms with Crippen molar-refractivity contribution < 1.29 is 49.2 Å². The predicted molar refractivity (Wildman–Crippen MR) is 73.7 cm³/mol. The summed E-state index contributed by atoms with van der Waals surface area (Å²) in [5.74, 6) is -1.37. The van der Waals surface area contributed by atoms with Gasteiger partial charge in [0.1, 0.15) is 11.3 Å². The number of carbonyl (C=O) groups is 1. The van der Waals surface area contributed by atoms with Gasteiger partial charge in [-0.1, -0.05) is 0 Å². The van der Waals surface area contributed by atoms with Gasteiger partial charge in [-0.25, -0.2) is 13.2 Å². The van der Waals surface area contributed by atoms with E-state index in [0.717, 1.165) is 0 Å². The lowest BCUT2D eigenvalue weighted by molar-refractivity contribution is -0.137. The normalized spacial score (nSPS) is 13.0. The van der Waals surface area contributed by atoms with Crippen LogP contribution in [0.2, 0.25) is 0 Å². The zero-order valence-electron chi connectivity index (χ0n) is 12.9. The highest BCUT2D eigenvalue weighted by Gasteiger charge is 2.39. The molecule has 0 saturated heterocycles. The van der Waals surface area contributed by atoms with E-state index in [-0.39, 0.29) is 15.7 Å². The molecule has 0 radical (unpaired) electrons. The molecule has 0 unspecified atom stereocenters. The van der Waals surface area contributed by atoms with Crippen molar-refractivity contribution in [2.24, 2.45) is 0 Å². The van der Waals surface area contributed by atoms with Gasteiger partial charge in [0, 0.05) is 6.07 Å². The molecule has 25 heavy (non-hydrogen) atoms. The number of halogens is 6. The van der Waals surface area contributed by atoms with Crippen LogP contribution in [0.15, 0.2) is 18.2 Å². The van der Waals surface area contributed by atoms with Gasteiger partial charge in [0.2, 0.25) is 0 Å². The molecular formula is C12H13F6NO5S. The Kier molecular flexibility index (Phi) is 6.64. The van der Waals surface area contributed by atoms with E-state index in [4.69, 9.17) is 18.1 Å². The first-order chi connectivity index (χ1) is 10.8. The van der Waals surface area contributed by atoms with Crippen molar-refractivity contribution in [2.45, 2.75) is 11.7 Å². The second-order valence-electron chi connectivity index (χ2n) is 5.45. The average Bonchev–Trinajstić information content (AvgIpc) is 2.34. The number of benzene rings is 1. The maximum Gasteiger partial charge on any atom is 0.485 e. The highest BCUT2D eigenvalue weighted by Crippen LogP contribution is 2.38. The van der Waals surface area contributed by atoms with Crippen LogP contribution in [0.5, 0.6) is 0 Å². The second kappa shape index (κ2) is 7.17. The van der Waals surface area contributed by atoms with Gasteiger partial charge < -0.3 is 9.66 Å². The van der Waals surface area contributed by atoms with Crippen LogP contribution in [0.1, 0.15) is 15.9 Å². The second-order valence-corrected chi connectivity index (χ2v) is 6.82. The molecular weight excluding hydrogens is 384 g/mol. The molecule has 0 spiro atoms. The van der Waals surface area contributed by atoms with Crippen LogP contribution in [-0.2, 0) is 16.3 Å². The molecule has 0 amide bonds. The zero-order chi connectivity index (χ0) is 20.4. The number of alkyl halides is 6. The molecule has 13 heteroatoms. The Balaban J connectivity index is 0.000000609. The molecule has 0 atom stereocenters. The van der Waals surface area contributed by atoms with E-state index in [0.29, 0.717) is 6.07 Å². The van der Waals surface area contributed by atoms with Crippen LogP contribution >= 0.6 is 0 Å². The summed E-state index contributed by atoms with van der Waals surface area (Å²) >= 11 is 0. The highest BCUT2D eigenvalue weighted by atomic mass is 32.2. The monoisotopic (exact) mass is 397 g/mol. The van der Waals surface area contributed by atoms with E-state index < -0.39 is 33.3 Å². The molecule has 1 aromatic carbocycles. The van der Waals surface area contributed by atoms with Crippen LogP contribution in [0, 0.1) is 0 Å². The third-order valence-corrected chi connectivity index (χ3v) is 3.12. The van der Waals surface area contributed by atoms with Gasteiger partial charge >= 0.3 is 17.7 Å². The number of carboxylic acids is 1. The van der Waals surface area contributed by atoms with Gasteiger partial charge in [-0.15, -0.1) is 0 Å². The maximum absolute atomic E-state index is 12.8. The first kappa shape index (κ1) is 23.1. The molecule has 0 aromatic heterocycles. The Labute approximate surface area is 138 Å². The lowest BCUT2D eigenvalue weighted by Gasteiger charge is -2.26. The number of hydrogen-bond acceptors (Lipinski definition) is 4. The van der Waals surface area contributed by atoms with Gasteiger partial charge in [-0.3, -0.25) is 4.48 Å². The summed E-state index contributed by atoms with van der Waals surface area (Å²) in [7, 11) is -1.33. The summed E-state index contributed by atoms with van der Waals surface area (Å²) in [5, 5.41) is 8.70. The third-order valence-electron chi connectivity index (χ3n) is 2.56. The van der Waals surface area contributed by atoms with Gasteiger partial charge in [0.05, 0.1) is 26.7 Å². The molecule has 0 aliphatic carbocycles. The quantitative estimate of drug-likeness (QED) is 0.358. The van der Waals surface area contributed by atoms with Crippen molar-refractivity contribution in [2.75, 3.05) is 21.1 Å². The van der Waals surface area contributed by atoms with Crippen LogP contribution in [-0.4, -0.2) is 50.7 Å². The fourth-order valence-electron chi connectivity index (χ4n) is 1.48. The van der Waals surface area contributed by atoms with Crippen molar-refractivity contribution in [3.8, 4) is 0 Å². The van der Waals surface area contributed by atoms with Crippen molar-refractivity contribution in [3.05, 3.63) is 29.3 Å². The van der Waals surface area contributed by atoms with Gasteiger partial charge in [-0.05, 0) is 12.1 Å². The Bertz CT molecular complexity index is 734. The molecule has 1 N–H and O–H groups in total. The topological polar surface area (TPSA) is 94.5 Å². The zero-order valence-corrected chi connectivity index (χ0v) is 13.8. The van der Waals surface area contributed by atoms with E-state index in [1.807, 2.05) is 0 Å². The van der Waals surface area contributed by atoms with Gasteiger partial charge in [-0.2, -0.15) is 26.3 Å². The molecule has 1 aromatic rings. The SMILES string of the molecule is C[N+](C)(C)c1ccc(C(=O)O)cc1C(F)(F)F.O=S(=O)([O-])C(F)(F)F. The Hall–Kier alpha value is -1.86.